The highest BCUT2D eigenvalue weighted by atomic mass is 16.1. The molecule has 0 aliphatic carbocycles. The number of nitrogens with two attached hydrogens (primary N) is 1. The molecule has 3 N–H and O–H groups in total. The molecule has 0 bridgehead atoms. The highest BCUT2D eigenvalue weighted by Gasteiger charge is 2.29. The van der Waals surface area contributed by atoms with E-state index in [0.29, 0.717) is 6.04 Å². The predicted octanol–water partition coefficient (Wildman–Crippen LogP) is 0.646. The highest BCUT2D eigenvalue weighted by molar-refractivity contribution is 5.84. The monoisotopic (exact) mass is 284 g/mol. The Morgan fingerprint density at radius 2 is 2.20 bits per heavy atom. The topological polar surface area (TPSA) is 61.6 Å². The molecule has 2 atom stereocenters. The van der Waals surface area contributed by atoms with Crippen LogP contribution in [0.3, 0.4) is 0 Å². The van der Waals surface area contributed by atoms with Gasteiger partial charge in [0.1, 0.15) is 0 Å². The van der Waals surface area contributed by atoms with Crippen LogP contribution in [0.1, 0.15) is 39.5 Å². The van der Waals surface area contributed by atoms with Crippen molar-refractivity contribution in [3.8, 4) is 0 Å². The van der Waals surface area contributed by atoms with Gasteiger partial charge in [-0.05, 0) is 66.3 Å². The summed E-state index contributed by atoms with van der Waals surface area (Å²) in [5.41, 5.74) is 4.95. The summed E-state index contributed by atoms with van der Waals surface area (Å²) in [6.45, 7) is 8.07. The third-order valence-electron chi connectivity index (χ3n) is 4.47. The van der Waals surface area contributed by atoms with E-state index in [4.69, 9.17) is 5.73 Å². The minimum Gasteiger partial charge on any atom is -0.368 e. The molecule has 0 saturated carbocycles. The number of nitrogens with one attached hydrogen (secondary N) is 1. The van der Waals surface area contributed by atoms with E-state index in [0.717, 1.165) is 32.5 Å². The van der Waals surface area contributed by atoms with Gasteiger partial charge < -0.3 is 20.9 Å². The summed E-state index contributed by atoms with van der Waals surface area (Å²) in [6.07, 6.45) is 4.37. The molecule has 118 valence electrons. The second-order valence-corrected chi connectivity index (χ2v) is 6.39. The normalized spacial score (nSPS) is 23.8. The fraction of sp³-hybridized carbons (Fsp3) is 0.933. The number of nitrogens with zero attached hydrogens (tertiary/aromatic N) is 2. The number of rotatable bonds is 8. The standard InChI is InChI=1S/C15H32N4O/c1-5-17-15(2,14(16)20)9-7-11-19-10-6-8-13(12-19)18(3)4/h13,17H,5-12H2,1-4H3,(H2,16,20). The van der Waals surface area contributed by atoms with E-state index >= 15 is 0 Å². The number of piperidine rings is 1. The number of hydrogen-bond acceptors (Lipinski definition) is 4. The van der Waals surface area contributed by atoms with Crippen molar-refractivity contribution < 1.29 is 4.79 Å². The number of carbonyl (C=O) groups excluding carboxylic acids is 1. The molecule has 5 heteroatoms. The zero-order valence-electron chi connectivity index (χ0n) is 13.6. The Kier molecular flexibility index (Phi) is 6.92. The van der Waals surface area contributed by atoms with Crippen LogP contribution in [0.5, 0.6) is 0 Å². The van der Waals surface area contributed by atoms with Crippen LogP contribution in [-0.4, -0.2) is 67.6 Å². The van der Waals surface area contributed by atoms with Gasteiger partial charge in [0.25, 0.3) is 0 Å². The van der Waals surface area contributed by atoms with Gasteiger partial charge in [-0.15, -0.1) is 0 Å². The Labute approximate surface area is 123 Å². The first-order valence-corrected chi connectivity index (χ1v) is 7.82. The molecular formula is C15H32N4O. The lowest BCUT2D eigenvalue weighted by Crippen LogP contribution is -2.53. The molecule has 0 aromatic heterocycles. The zero-order valence-corrected chi connectivity index (χ0v) is 13.6. The fourth-order valence-corrected chi connectivity index (χ4v) is 3.00. The molecule has 1 saturated heterocycles. The highest BCUT2D eigenvalue weighted by Crippen LogP contribution is 2.17. The summed E-state index contributed by atoms with van der Waals surface area (Å²) >= 11 is 0. The molecule has 1 fully saturated rings. The van der Waals surface area contributed by atoms with Crippen LogP contribution in [0.25, 0.3) is 0 Å². The lowest BCUT2D eigenvalue weighted by molar-refractivity contribution is -0.124. The van der Waals surface area contributed by atoms with Crippen molar-refractivity contribution in [3.63, 3.8) is 0 Å². The van der Waals surface area contributed by atoms with E-state index in [2.05, 4.69) is 29.2 Å². The molecule has 1 aliphatic rings. The van der Waals surface area contributed by atoms with Gasteiger partial charge in [-0.3, -0.25) is 4.79 Å². The molecule has 0 aromatic carbocycles. The van der Waals surface area contributed by atoms with Crippen molar-refractivity contribution >= 4 is 5.91 Å². The third kappa shape index (κ3) is 5.04. The summed E-state index contributed by atoms with van der Waals surface area (Å²) in [4.78, 5) is 16.4. The van der Waals surface area contributed by atoms with Crippen molar-refractivity contribution in [3.05, 3.63) is 0 Å². The molecule has 5 nitrogen and oxygen atoms in total. The molecule has 1 heterocycles. The number of primary amides is 1. The minimum atomic E-state index is -0.564. The van der Waals surface area contributed by atoms with Crippen molar-refractivity contribution in [2.24, 2.45) is 5.73 Å². The Balaban J connectivity index is 2.37. The second kappa shape index (κ2) is 7.96. The zero-order chi connectivity index (χ0) is 15.2. The lowest BCUT2D eigenvalue weighted by Gasteiger charge is -2.36. The van der Waals surface area contributed by atoms with Crippen molar-refractivity contribution in [2.45, 2.75) is 51.1 Å². The first kappa shape index (κ1) is 17.4. The van der Waals surface area contributed by atoms with Gasteiger partial charge in [0.2, 0.25) is 5.91 Å². The van der Waals surface area contributed by atoms with Crippen LogP contribution < -0.4 is 11.1 Å². The van der Waals surface area contributed by atoms with Crippen LogP contribution in [-0.2, 0) is 4.79 Å². The summed E-state index contributed by atoms with van der Waals surface area (Å²) < 4.78 is 0. The molecule has 2 unspecified atom stereocenters. The second-order valence-electron chi connectivity index (χ2n) is 6.39. The van der Waals surface area contributed by atoms with Crippen molar-refractivity contribution in [1.29, 1.82) is 0 Å². The predicted molar refractivity (Wildman–Crippen MR) is 83.7 cm³/mol. The van der Waals surface area contributed by atoms with Gasteiger partial charge in [-0.1, -0.05) is 6.92 Å². The first-order valence-electron chi connectivity index (χ1n) is 7.82. The molecular weight excluding hydrogens is 252 g/mol. The Morgan fingerprint density at radius 1 is 1.50 bits per heavy atom. The van der Waals surface area contributed by atoms with E-state index in [1.165, 1.54) is 19.4 Å². The lowest BCUT2D eigenvalue weighted by atomic mass is 9.94. The molecule has 1 amide bonds. The summed E-state index contributed by atoms with van der Waals surface area (Å²) in [5.74, 6) is -0.246. The van der Waals surface area contributed by atoms with E-state index in [9.17, 15) is 4.79 Å². The smallest absolute Gasteiger partial charge is 0.237 e. The number of carbonyl (C=O) groups is 1. The van der Waals surface area contributed by atoms with Crippen LogP contribution in [0.4, 0.5) is 0 Å². The van der Waals surface area contributed by atoms with Crippen LogP contribution in [0, 0.1) is 0 Å². The maximum absolute atomic E-state index is 11.6. The molecule has 0 radical (unpaired) electrons. The molecule has 1 aliphatic heterocycles. The van der Waals surface area contributed by atoms with Gasteiger partial charge in [0.05, 0.1) is 5.54 Å². The van der Waals surface area contributed by atoms with Crippen LogP contribution >= 0.6 is 0 Å². The Morgan fingerprint density at radius 3 is 2.75 bits per heavy atom. The fourth-order valence-electron chi connectivity index (χ4n) is 3.00. The number of amides is 1. The van der Waals surface area contributed by atoms with Crippen LogP contribution in [0.15, 0.2) is 0 Å². The molecule has 0 spiro atoms. The number of likely N-dealkylation sites (tertiary alicyclic amines) is 1. The first-order chi connectivity index (χ1) is 9.39. The van der Waals surface area contributed by atoms with Crippen molar-refractivity contribution in [2.75, 3.05) is 40.3 Å². The maximum Gasteiger partial charge on any atom is 0.237 e. The summed E-state index contributed by atoms with van der Waals surface area (Å²) in [7, 11) is 4.31. The average Bonchev–Trinajstić information content (AvgIpc) is 2.39. The van der Waals surface area contributed by atoms with Gasteiger partial charge in [0, 0.05) is 12.6 Å². The molecule has 1 rings (SSSR count). The quantitative estimate of drug-likeness (QED) is 0.687. The third-order valence-corrected chi connectivity index (χ3v) is 4.47. The Hall–Kier alpha value is -0.650. The van der Waals surface area contributed by atoms with E-state index in [1.54, 1.807) is 0 Å². The summed E-state index contributed by atoms with van der Waals surface area (Å²) in [5, 5.41) is 3.22. The Bertz CT molecular complexity index is 308. The van der Waals surface area contributed by atoms with E-state index in [1.807, 2.05) is 13.8 Å². The van der Waals surface area contributed by atoms with Gasteiger partial charge in [-0.2, -0.15) is 0 Å². The molecule has 0 aromatic rings. The van der Waals surface area contributed by atoms with E-state index < -0.39 is 5.54 Å². The number of likely N-dealkylation sites (N-methyl/N-ethyl adjacent to an activating group) is 2. The SMILES string of the molecule is CCNC(C)(CCCN1CCCC(N(C)C)C1)C(N)=O. The summed E-state index contributed by atoms with van der Waals surface area (Å²) in [6, 6.07) is 0.667. The molecule has 20 heavy (non-hydrogen) atoms. The number of hydrogen-bond donors (Lipinski definition) is 2. The van der Waals surface area contributed by atoms with Crippen LogP contribution in [0.2, 0.25) is 0 Å². The maximum atomic E-state index is 11.6. The van der Waals surface area contributed by atoms with Gasteiger partial charge in [-0.25, -0.2) is 0 Å². The van der Waals surface area contributed by atoms with Crippen molar-refractivity contribution in [1.82, 2.24) is 15.1 Å². The average molecular weight is 284 g/mol. The largest absolute Gasteiger partial charge is 0.368 e. The van der Waals surface area contributed by atoms with Gasteiger partial charge in [0.15, 0.2) is 0 Å². The van der Waals surface area contributed by atoms with E-state index in [-0.39, 0.29) is 5.91 Å². The minimum absolute atomic E-state index is 0.246. The van der Waals surface area contributed by atoms with Gasteiger partial charge >= 0.3 is 0 Å².